The maximum absolute atomic E-state index is 4.16. The summed E-state index contributed by atoms with van der Waals surface area (Å²) < 4.78 is 0. The third-order valence-electron chi connectivity index (χ3n) is 3.95. The van der Waals surface area contributed by atoms with Crippen molar-refractivity contribution in [2.75, 3.05) is 25.0 Å². The normalized spacial score (nSPS) is 12.8. The lowest BCUT2D eigenvalue weighted by atomic mass is 10.1. The quantitative estimate of drug-likeness (QED) is 0.805. The third kappa shape index (κ3) is 4.39. The van der Waals surface area contributed by atoms with Gasteiger partial charge in [0.05, 0.1) is 17.4 Å². The maximum Gasteiger partial charge on any atom is 0.0950 e. The Morgan fingerprint density at radius 1 is 1.19 bits per heavy atom. The molecule has 0 aliphatic heterocycles. The van der Waals surface area contributed by atoms with Gasteiger partial charge >= 0.3 is 0 Å². The lowest BCUT2D eigenvalue weighted by Crippen LogP contribution is -2.25. The molecule has 21 heavy (non-hydrogen) atoms. The molecule has 0 aliphatic rings. The summed E-state index contributed by atoms with van der Waals surface area (Å²) in [7, 11) is 0. The second-order valence-electron chi connectivity index (χ2n) is 5.49. The highest BCUT2D eigenvalue weighted by Crippen LogP contribution is 2.21. The van der Waals surface area contributed by atoms with Crippen molar-refractivity contribution in [3.8, 4) is 0 Å². The van der Waals surface area contributed by atoms with Crippen LogP contribution in [0.3, 0.4) is 0 Å². The van der Waals surface area contributed by atoms with E-state index in [4.69, 9.17) is 0 Å². The summed E-state index contributed by atoms with van der Waals surface area (Å²) in [6, 6.07) is 8.57. The van der Waals surface area contributed by atoms with Crippen LogP contribution in [-0.2, 0) is 0 Å². The van der Waals surface area contributed by atoms with Crippen LogP contribution in [0, 0.1) is 0 Å². The molecule has 0 radical (unpaired) electrons. The van der Waals surface area contributed by atoms with E-state index in [9.17, 15) is 0 Å². The van der Waals surface area contributed by atoms with E-state index in [2.05, 4.69) is 47.3 Å². The van der Waals surface area contributed by atoms with Gasteiger partial charge in [-0.05, 0) is 45.5 Å². The predicted molar refractivity (Wildman–Crippen MR) is 89.6 cm³/mol. The molecule has 0 bridgehead atoms. The first-order valence-corrected chi connectivity index (χ1v) is 7.94. The van der Waals surface area contributed by atoms with Gasteiger partial charge in [-0.3, -0.25) is 0 Å². The van der Waals surface area contributed by atoms with E-state index >= 15 is 0 Å². The monoisotopic (exact) mass is 286 g/mol. The summed E-state index contributed by atoms with van der Waals surface area (Å²) in [5, 5.41) is 13.0. The van der Waals surface area contributed by atoms with Crippen molar-refractivity contribution in [3.63, 3.8) is 0 Å². The number of aromatic nitrogens is 2. The lowest BCUT2D eigenvalue weighted by Gasteiger charge is -2.20. The van der Waals surface area contributed by atoms with E-state index < -0.39 is 0 Å². The van der Waals surface area contributed by atoms with Crippen LogP contribution < -0.4 is 5.32 Å². The van der Waals surface area contributed by atoms with Gasteiger partial charge in [-0.15, -0.1) is 0 Å². The molecule has 0 aliphatic carbocycles. The zero-order valence-electron chi connectivity index (χ0n) is 13.3. The molecule has 2 rings (SSSR count). The van der Waals surface area contributed by atoms with Crippen LogP contribution in [-0.4, -0.2) is 40.8 Å². The van der Waals surface area contributed by atoms with Crippen molar-refractivity contribution < 1.29 is 0 Å². The highest BCUT2D eigenvalue weighted by atomic mass is 15.1. The Kier molecular flexibility index (Phi) is 5.93. The molecule has 1 unspecified atom stereocenters. The first kappa shape index (κ1) is 15.7. The standard InChI is InChI=1S/C17H26N4/c1-4-21(5-2)12-8-9-14(3)19-17-13-18-20-16-11-7-6-10-15(16)17/h6-7,10-11,13-14H,4-5,8-9,12H2,1-3H3,(H,19,20). The molecule has 1 N–H and O–H groups in total. The Labute approximate surface area is 127 Å². The Hall–Kier alpha value is -1.68. The smallest absolute Gasteiger partial charge is 0.0950 e. The summed E-state index contributed by atoms with van der Waals surface area (Å²) in [4.78, 5) is 2.47. The van der Waals surface area contributed by atoms with E-state index in [1.807, 2.05) is 24.4 Å². The minimum absolute atomic E-state index is 0.438. The van der Waals surface area contributed by atoms with Gasteiger partial charge in [0.25, 0.3) is 0 Å². The Morgan fingerprint density at radius 3 is 2.71 bits per heavy atom. The van der Waals surface area contributed by atoms with E-state index in [1.165, 1.54) is 13.0 Å². The fourth-order valence-corrected chi connectivity index (χ4v) is 2.62. The van der Waals surface area contributed by atoms with E-state index in [-0.39, 0.29) is 0 Å². The minimum Gasteiger partial charge on any atom is -0.381 e. The van der Waals surface area contributed by atoms with Crippen molar-refractivity contribution in [2.45, 2.75) is 39.7 Å². The first-order chi connectivity index (χ1) is 10.2. The second kappa shape index (κ2) is 7.93. The number of fused-ring (bicyclic) bond motifs is 1. The summed E-state index contributed by atoms with van der Waals surface area (Å²) in [6.45, 7) is 10.1. The number of anilines is 1. The van der Waals surface area contributed by atoms with Gasteiger partial charge in [-0.1, -0.05) is 32.0 Å². The molecule has 4 heteroatoms. The average molecular weight is 286 g/mol. The largest absolute Gasteiger partial charge is 0.381 e. The minimum atomic E-state index is 0.438. The van der Waals surface area contributed by atoms with Crippen LogP contribution in [0.2, 0.25) is 0 Å². The number of hydrogen-bond acceptors (Lipinski definition) is 4. The van der Waals surface area contributed by atoms with Gasteiger partial charge in [0, 0.05) is 11.4 Å². The fraction of sp³-hybridized carbons (Fsp3) is 0.529. The molecule has 1 heterocycles. The second-order valence-corrected chi connectivity index (χ2v) is 5.49. The Balaban J connectivity index is 1.91. The van der Waals surface area contributed by atoms with Gasteiger partial charge in [-0.2, -0.15) is 10.2 Å². The topological polar surface area (TPSA) is 41.0 Å². The molecule has 0 saturated carbocycles. The average Bonchev–Trinajstić information content (AvgIpc) is 2.52. The van der Waals surface area contributed by atoms with Crippen molar-refractivity contribution >= 4 is 16.6 Å². The van der Waals surface area contributed by atoms with E-state index in [1.54, 1.807) is 0 Å². The molecule has 0 amide bonds. The van der Waals surface area contributed by atoms with Gasteiger partial charge in [0.2, 0.25) is 0 Å². The molecule has 1 aromatic heterocycles. The molecule has 114 valence electrons. The zero-order chi connectivity index (χ0) is 15.1. The molecular formula is C17H26N4. The molecule has 1 aromatic carbocycles. The zero-order valence-corrected chi connectivity index (χ0v) is 13.3. The van der Waals surface area contributed by atoms with Crippen LogP contribution in [0.1, 0.15) is 33.6 Å². The SMILES string of the molecule is CCN(CC)CCCC(C)Nc1cnnc2ccccc12. The Morgan fingerprint density at radius 2 is 1.95 bits per heavy atom. The number of hydrogen-bond donors (Lipinski definition) is 1. The molecule has 2 aromatic rings. The van der Waals surface area contributed by atoms with Crippen LogP contribution >= 0.6 is 0 Å². The highest BCUT2D eigenvalue weighted by Gasteiger charge is 2.07. The van der Waals surface area contributed by atoms with Gasteiger partial charge in [-0.25, -0.2) is 0 Å². The number of nitrogens with one attached hydrogen (secondary N) is 1. The number of benzene rings is 1. The summed E-state index contributed by atoms with van der Waals surface area (Å²) in [6.07, 6.45) is 4.20. The first-order valence-electron chi connectivity index (χ1n) is 7.94. The molecule has 0 saturated heterocycles. The summed E-state index contributed by atoms with van der Waals surface area (Å²) in [5.74, 6) is 0. The number of rotatable bonds is 8. The fourth-order valence-electron chi connectivity index (χ4n) is 2.62. The predicted octanol–water partition coefficient (Wildman–Crippen LogP) is 3.55. The van der Waals surface area contributed by atoms with Crippen LogP contribution in [0.25, 0.3) is 10.9 Å². The van der Waals surface area contributed by atoms with Crippen molar-refractivity contribution in [1.29, 1.82) is 0 Å². The van der Waals surface area contributed by atoms with Crippen LogP contribution in [0.15, 0.2) is 30.5 Å². The third-order valence-corrected chi connectivity index (χ3v) is 3.95. The Bertz CT molecular complexity index is 546. The van der Waals surface area contributed by atoms with Crippen LogP contribution in [0.4, 0.5) is 5.69 Å². The van der Waals surface area contributed by atoms with Gasteiger partial charge in [0.1, 0.15) is 0 Å². The lowest BCUT2D eigenvalue weighted by molar-refractivity contribution is 0.295. The van der Waals surface area contributed by atoms with Crippen molar-refractivity contribution in [2.24, 2.45) is 0 Å². The van der Waals surface area contributed by atoms with E-state index in [0.29, 0.717) is 6.04 Å². The molecule has 0 spiro atoms. The maximum atomic E-state index is 4.16. The van der Waals surface area contributed by atoms with Crippen molar-refractivity contribution in [1.82, 2.24) is 15.1 Å². The van der Waals surface area contributed by atoms with E-state index in [0.717, 1.165) is 36.1 Å². The van der Waals surface area contributed by atoms with Gasteiger partial charge in [0.15, 0.2) is 0 Å². The van der Waals surface area contributed by atoms with Gasteiger partial charge < -0.3 is 10.2 Å². The molecular weight excluding hydrogens is 260 g/mol. The number of nitrogens with zero attached hydrogens (tertiary/aromatic N) is 3. The molecule has 1 atom stereocenters. The van der Waals surface area contributed by atoms with Crippen molar-refractivity contribution in [3.05, 3.63) is 30.5 Å². The molecule has 0 fully saturated rings. The van der Waals surface area contributed by atoms with Crippen LogP contribution in [0.5, 0.6) is 0 Å². The molecule has 4 nitrogen and oxygen atoms in total. The summed E-state index contributed by atoms with van der Waals surface area (Å²) >= 11 is 0. The summed E-state index contributed by atoms with van der Waals surface area (Å²) in [5.41, 5.74) is 2.02. The highest BCUT2D eigenvalue weighted by molar-refractivity contribution is 5.90.